The number of fused-ring (bicyclic) bond motifs is 1. The molecule has 2 heterocycles. The summed E-state index contributed by atoms with van der Waals surface area (Å²) >= 11 is 0. The Morgan fingerprint density at radius 3 is 2.79 bits per heavy atom. The summed E-state index contributed by atoms with van der Waals surface area (Å²) in [6.45, 7) is 0.868. The van der Waals surface area contributed by atoms with E-state index in [1.165, 1.54) is 12.8 Å². The number of hydrogen-bond acceptors (Lipinski definition) is 5. The van der Waals surface area contributed by atoms with Crippen LogP contribution in [0.1, 0.15) is 73.0 Å². The fourth-order valence-electron chi connectivity index (χ4n) is 4.87. The minimum Gasteiger partial charge on any atom is -0.481 e. The van der Waals surface area contributed by atoms with E-state index in [1.54, 1.807) is 7.11 Å². The van der Waals surface area contributed by atoms with E-state index >= 15 is 0 Å². The van der Waals surface area contributed by atoms with Crippen LogP contribution in [-0.2, 0) is 17.9 Å². The van der Waals surface area contributed by atoms with Crippen LogP contribution in [0.25, 0.3) is 0 Å². The molecular formula is C21H30N4O3. The molecule has 2 atom stereocenters. The highest BCUT2D eigenvalue weighted by Gasteiger charge is 2.36. The lowest BCUT2D eigenvalue weighted by atomic mass is 9.85. The number of nitrogens with zero attached hydrogens (tertiary/aromatic N) is 2. The van der Waals surface area contributed by atoms with E-state index in [9.17, 15) is 9.59 Å². The highest BCUT2D eigenvalue weighted by atomic mass is 16.5. The van der Waals surface area contributed by atoms with Crippen molar-refractivity contribution >= 4 is 11.8 Å². The molecule has 0 spiro atoms. The van der Waals surface area contributed by atoms with Gasteiger partial charge in [0.15, 0.2) is 0 Å². The molecule has 7 nitrogen and oxygen atoms in total. The van der Waals surface area contributed by atoms with Gasteiger partial charge in [-0.15, -0.1) is 0 Å². The molecule has 28 heavy (non-hydrogen) atoms. The van der Waals surface area contributed by atoms with Gasteiger partial charge in [-0.3, -0.25) is 9.59 Å². The van der Waals surface area contributed by atoms with Gasteiger partial charge in [-0.25, -0.2) is 4.98 Å². The number of nitrogens with two attached hydrogens (primary N) is 1. The molecule has 2 amide bonds. The van der Waals surface area contributed by atoms with Crippen LogP contribution in [0.3, 0.4) is 0 Å². The van der Waals surface area contributed by atoms with Crippen molar-refractivity contribution in [3.8, 4) is 5.88 Å². The second-order valence-electron chi connectivity index (χ2n) is 8.36. The first-order valence-corrected chi connectivity index (χ1v) is 10.5. The summed E-state index contributed by atoms with van der Waals surface area (Å²) in [5.41, 5.74) is 8.18. The molecule has 0 bridgehead atoms. The van der Waals surface area contributed by atoms with Gasteiger partial charge in [0.25, 0.3) is 5.91 Å². The number of ether oxygens (including phenoxy) is 1. The lowest BCUT2D eigenvalue weighted by Crippen LogP contribution is -2.37. The van der Waals surface area contributed by atoms with Crippen molar-refractivity contribution in [2.45, 2.75) is 76.5 Å². The van der Waals surface area contributed by atoms with Gasteiger partial charge in [0.1, 0.15) is 0 Å². The van der Waals surface area contributed by atoms with Crippen LogP contribution >= 0.6 is 0 Å². The third-order valence-electron chi connectivity index (χ3n) is 6.45. The number of carbonyl (C=O) groups excluding carboxylic acids is 2. The third kappa shape index (κ3) is 3.72. The summed E-state index contributed by atoms with van der Waals surface area (Å²) in [4.78, 5) is 32.0. The Morgan fingerprint density at radius 2 is 2.07 bits per heavy atom. The van der Waals surface area contributed by atoms with Crippen LogP contribution in [0.15, 0.2) is 6.07 Å². The van der Waals surface area contributed by atoms with Crippen molar-refractivity contribution in [1.29, 1.82) is 0 Å². The fourth-order valence-corrected chi connectivity index (χ4v) is 4.87. The van der Waals surface area contributed by atoms with Crippen molar-refractivity contribution in [1.82, 2.24) is 15.2 Å². The normalized spacial score (nSPS) is 25.1. The maximum atomic E-state index is 12.9. The Morgan fingerprint density at radius 1 is 1.29 bits per heavy atom. The largest absolute Gasteiger partial charge is 0.481 e. The molecule has 1 aliphatic heterocycles. The number of hydrogen-bond donors (Lipinski definition) is 2. The topological polar surface area (TPSA) is 97.5 Å². The van der Waals surface area contributed by atoms with Crippen molar-refractivity contribution in [3.05, 3.63) is 22.9 Å². The van der Waals surface area contributed by atoms with Gasteiger partial charge in [0, 0.05) is 30.1 Å². The van der Waals surface area contributed by atoms with Gasteiger partial charge in [-0.1, -0.05) is 19.3 Å². The molecule has 152 valence electrons. The Bertz CT molecular complexity index is 760. The molecule has 7 heteroatoms. The first-order valence-electron chi connectivity index (χ1n) is 10.5. The molecule has 4 rings (SSSR count). The summed E-state index contributed by atoms with van der Waals surface area (Å²) in [6, 6.07) is 2.29. The summed E-state index contributed by atoms with van der Waals surface area (Å²) in [6.07, 6.45) is 8.12. The number of amides is 2. The molecule has 2 saturated carbocycles. The third-order valence-corrected chi connectivity index (χ3v) is 6.45. The van der Waals surface area contributed by atoms with Crippen LogP contribution in [0.4, 0.5) is 0 Å². The number of aromatic nitrogens is 1. The number of carbonyl (C=O) groups is 2. The molecule has 0 saturated heterocycles. The molecule has 0 unspecified atom stereocenters. The van der Waals surface area contributed by atoms with Crippen molar-refractivity contribution < 1.29 is 14.3 Å². The molecule has 1 aromatic rings. The molecular weight excluding hydrogens is 356 g/mol. The van der Waals surface area contributed by atoms with Gasteiger partial charge in [-0.05, 0) is 38.2 Å². The summed E-state index contributed by atoms with van der Waals surface area (Å²) < 4.78 is 5.45. The van der Waals surface area contributed by atoms with Crippen LogP contribution in [0.5, 0.6) is 5.88 Å². The van der Waals surface area contributed by atoms with Crippen LogP contribution in [0.2, 0.25) is 0 Å². The summed E-state index contributed by atoms with van der Waals surface area (Å²) in [5, 5.41) is 3.00. The fraction of sp³-hybridized carbons (Fsp3) is 0.667. The van der Waals surface area contributed by atoms with Crippen LogP contribution in [0, 0.1) is 5.92 Å². The predicted molar refractivity (Wildman–Crippen MR) is 105 cm³/mol. The smallest absolute Gasteiger partial charge is 0.256 e. The monoisotopic (exact) mass is 386 g/mol. The Hall–Kier alpha value is -2.15. The first kappa shape index (κ1) is 19.2. The van der Waals surface area contributed by atoms with Gasteiger partial charge in [0.2, 0.25) is 11.8 Å². The Balaban J connectivity index is 1.46. The highest BCUT2D eigenvalue weighted by molar-refractivity contribution is 5.98. The van der Waals surface area contributed by atoms with E-state index in [0.717, 1.165) is 49.8 Å². The zero-order valence-corrected chi connectivity index (χ0v) is 16.6. The minimum absolute atomic E-state index is 0.0246. The highest BCUT2D eigenvalue weighted by Crippen LogP contribution is 2.33. The maximum Gasteiger partial charge on any atom is 0.256 e. The van der Waals surface area contributed by atoms with Crippen molar-refractivity contribution in [3.63, 3.8) is 0 Å². The molecule has 0 aromatic carbocycles. The van der Waals surface area contributed by atoms with Crippen molar-refractivity contribution in [2.75, 3.05) is 7.11 Å². The van der Waals surface area contributed by atoms with E-state index < -0.39 is 0 Å². The number of methoxy groups -OCH3 is 1. The van der Waals surface area contributed by atoms with Gasteiger partial charge in [-0.2, -0.15) is 0 Å². The SMILES string of the molecule is COc1nc2c(cc1CNC(=O)[C@@H]1CCC[C@H](N)C1)C(=O)N(C1CCCC1)C2. The Kier molecular flexibility index (Phi) is 5.53. The van der Waals surface area contributed by atoms with Gasteiger partial charge >= 0.3 is 0 Å². The quantitative estimate of drug-likeness (QED) is 0.808. The van der Waals surface area contributed by atoms with E-state index in [-0.39, 0.29) is 23.8 Å². The number of rotatable bonds is 5. The zero-order valence-electron chi connectivity index (χ0n) is 16.6. The average molecular weight is 386 g/mol. The Labute approximate surface area is 166 Å². The van der Waals surface area contributed by atoms with Gasteiger partial charge in [0.05, 0.1) is 24.9 Å². The minimum atomic E-state index is -0.0309. The molecule has 0 radical (unpaired) electrons. The van der Waals surface area contributed by atoms with Crippen LogP contribution < -0.4 is 15.8 Å². The molecule has 2 aliphatic carbocycles. The average Bonchev–Trinajstić information content (AvgIpc) is 3.33. The molecule has 3 aliphatic rings. The van der Waals surface area contributed by atoms with Crippen LogP contribution in [-0.4, -0.2) is 40.9 Å². The second kappa shape index (κ2) is 8.07. The standard InChI is InChI=1S/C21H30N4O3/c1-28-20-14(11-23-19(26)13-5-4-6-15(22)9-13)10-17-18(24-20)12-25(21(17)27)16-7-2-3-8-16/h10,13,15-16H,2-9,11-12,22H2,1H3,(H,23,26)/t13-,15+/m1/s1. The lowest BCUT2D eigenvalue weighted by Gasteiger charge is -2.25. The number of nitrogens with one attached hydrogen (secondary N) is 1. The summed E-state index contributed by atoms with van der Waals surface area (Å²) in [5.74, 6) is 0.539. The zero-order chi connectivity index (χ0) is 19.7. The van der Waals surface area contributed by atoms with E-state index in [2.05, 4.69) is 10.3 Å². The lowest BCUT2D eigenvalue weighted by molar-refractivity contribution is -0.126. The van der Waals surface area contributed by atoms with E-state index in [0.29, 0.717) is 30.6 Å². The number of pyridine rings is 1. The van der Waals surface area contributed by atoms with Crippen molar-refractivity contribution in [2.24, 2.45) is 11.7 Å². The van der Waals surface area contributed by atoms with E-state index in [4.69, 9.17) is 10.5 Å². The molecule has 3 N–H and O–H groups in total. The summed E-state index contributed by atoms with van der Waals surface area (Å²) in [7, 11) is 1.58. The van der Waals surface area contributed by atoms with Gasteiger partial charge < -0.3 is 20.7 Å². The molecule has 2 fully saturated rings. The predicted octanol–water partition coefficient (Wildman–Crippen LogP) is 2.12. The second-order valence-corrected chi connectivity index (χ2v) is 8.36. The first-order chi connectivity index (χ1) is 13.6. The molecule has 1 aromatic heterocycles. The maximum absolute atomic E-state index is 12.9. The van der Waals surface area contributed by atoms with E-state index in [1.807, 2.05) is 11.0 Å².